The monoisotopic (exact) mass is 410 g/mol. The molecule has 2 fully saturated rings. The molecule has 2 aromatic rings. The van der Waals surface area contributed by atoms with Gasteiger partial charge in [-0.3, -0.25) is 9.69 Å². The van der Waals surface area contributed by atoms with Crippen molar-refractivity contribution in [2.75, 3.05) is 18.2 Å². The molecule has 1 aromatic heterocycles. The van der Waals surface area contributed by atoms with E-state index in [2.05, 4.69) is 38.2 Å². The Morgan fingerprint density at radius 2 is 2.03 bits per heavy atom. The molecular formula is C22H30N6O2. The molecule has 1 saturated heterocycles. The molecule has 2 aliphatic rings. The van der Waals surface area contributed by atoms with Crippen LogP contribution in [0.3, 0.4) is 0 Å². The van der Waals surface area contributed by atoms with Crippen LogP contribution in [0.15, 0.2) is 24.3 Å². The number of aromatic nitrogens is 3. The zero-order chi connectivity index (χ0) is 21.1. The first-order valence-electron chi connectivity index (χ1n) is 10.8. The number of carbonyl (C=O) groups is 1. The highest BCUT2D eigenvalue weighted by Gasteiger charge is 2.45. The van der Waals surface area contributed by atoms with E-state index in [0.717, 1.165) is 31.4 Å². The van der Waals surface area contributed by atoms with E-state index >= 15 is 0 Å². The highest BCUT2D eigenvalue weighted by molar-refractivity contribution is 5.76. The Morgan fingerprint density at radius 1 is 1.23 bits per heavy atom. The third-order valence-electron chi connectivity index (χ3n) is 6.36. The molecule has 1 aromatic carbocycles. The molecule has 1 aliphatic carbocycles. The lowest BCUT2D eigenvalue weighted by Crippen LogP contribution is -2.42. The zero-order valence-corrected chi connectivity index (χ0v) is 17.7. The van der Waals surface area contributed by atoms with Crippen molar-refractivity contribution in [3.05, 3.63) is 35.7 Å². The molecule has 2 heterocycles. The van der Waals surface area contributed by atoms with Crippen molar-refractivity contribution < 1.29 is 9.53 Å². The van der Waals surface area contributed by atoms with Crippen LogP contribution in [-0.4, -0.2) is 45.0 Å². The maximum Gasteiger partial charge on any atom is 0.323 e. The van der Waals surface area contributed by atoms with Gasteiger partial charge in [0.05, 0.1) is 13.7 Å². The first-order chi connectivity index (χ1) is 14.6. The summed E-state index contributed by atoms with van der Waals surface area (Å²) in [6, 6.07) is 8.16. The van der Waals surface area contributed by atoms with Gasteiger partial charge in [-0.2, -0.15) is 15.0 Å². The van der Waals surface area contributed by atoms with Crippen molar-refractivity contribution >= 4 is 23.6 Å². The number of anilines is 3. The summed E-state index contributed by atoms with van der Waals surface area (Å²) < 4.78 is 5.09. The average molecular weight is 411 g/mol. The summed E-state index contributed by atoms with van der Waals surface area (Å²) in [5, 5.41) is 3.28. The van der Waals surface area contributed by atoms with Crippen LogP contribution in [0.2, 0.25) is 0 Å². The summed E-state index contributed by atoms with van der Waals surface area (Å²) in [4.78, 5) is 27.9. The van der Waals surface area contributed by atoms with Crippen LogP contribution in [-0.2, 0) is 22.5 Å². The molecule has 4 rings (SSSR count). The number of nitrogens with one attached hydrogen (secondary N) is 1. The highest BCUT2D eigenvalue weighted by Crippen LogP contribution is 2.40. The van der Waals surface area contributed by atoms with Gasteiger partial charge in [-0.05, 0) is 43.2 Å². The number of nitrogens with zero attached hydrogens (tertiary/aromatic N) is 4. The summed E-state index contributed by atoms with van der Waals surface area (Å²) in [7, 11) is 1.45. The van der Waals surface area contributed by atoms with Crippen LogP contribution in [0.1, 0.15) is 50.4 Å². The Morgan fingerprint density at radius 3 is 2.83 bits per heavy atom. The highest BCUT2D eigenvalue weighted by atomic mass is 16.5. The number of likely N-dealkylation sites (tertiary alicyclic amines) is 1. The molecule has 8 nitrogen and oxygen atoms in total. The normalized spacial score (nSPS) is 23.7. The van der Waals surface area contributed by atoms with Crippen LogP contribution < -0.4 is 11.1 Å². The first-order valence-corrected chi connectivity index (χ1v) is 10.8. The van der Waals surface area contributed by atoms with E-state index in [4.69, 9.17) is 10.5 Å². The SMILES string of the molecule is CCc1ccccc1Nc1nc(N)nc(CN2C(C(=O)OC)CC3CCCCC32)n1. The smallest absolute Gasteiger partial charge is 0.323 e. The maximum absolute atomic E-state index is 12.4. The second-order valence-electron chi connectivity index (χ2n) is 8.13. The number of hydrogen-bond acceptors (Lipinski definition) is 8. The Kier molecular flexibility index (Phi) is 6.13. The molecule has 1 aliphatic heterocycles. The third kappa shape index (κ3) is 4.23. The van der Waals surface area contributed by atoms with E-state index < -0.39 is 0 Å². The van der Waals surface area contributed by atoms with Crippen molar-refractivity contribution in [2.45, 2.75) is 64.1 Å². The zero-order valence-electron chi connectivity index (χ0n) is 17.7. The number of nitrogen functional groups attached to an aromatic ring is 1. The predicted octanol–water partition coefficient (Wildman–Crippen LogP) is 3.07. The van der Waals surface area contributed by atoms with Gasteiger partial charge in [0.2, 0.25) is 11.9 Å². The van der Waals surface area contributed by atoms with Crippen molar-refractivity contribution in [3.8, 4) is 0 Å². The lowest BCUT2D eigenvalue weighted by molar-refractivity contribution is -0.146. The summed E-state index contributed by atoms with van der Waals surface area (Å²) in [6.07, 6.45) is 6.40. The molecule has 30 heavy (non-hydrogen) atoms. The number of nitrogens with two attached hydrogens (primary N) is 1. The summed E-state index contributed by atoms with van der Waals surface area (Å²) in [5.41, 5.74) is 8.13. The number of methoxy groups -OCH3 is 1. The minimum Gasteiger partial charge on any atom is -0.468 e. The van der Waals surface area contributed by atoms with Gasteiger partial charge < -0.3 is 15.8 Å². The van der Waals surface area contributed by atoms with Crippen LogP contribution in [0.25, 0.3) is 0 Å². The number of rotatable bonds is 6. The van der Waals surface area contributed by atoms with Crippen LogP contribution in [0.5, 0.6) is 0 Å². The Hall–Kier alpha value is -2.74. The molecular weight excluding hydrogens is 380 g/mol. The average Bonchev–Trinajstić information content (AvgIpc) is 3.11. The molecule has 0 bridgehead atoms. The van der Waals surface area contributed by atoms with Crippen molar-refractivity contribution in [1.29, 1.82) is 0 Å². The molecule has 3 unspecified atom stereocenters. The summed E-state index contributed by atoms with van der Waals surface area (Å²) in [5.74, 6) is 1.51. The molecule has 0 radical (unpaired) electrons. The number of carbonyl (C=O) groups excluding carboxylic acids is 1. The molecule has 0 amide bonds. The minimum atomic E-state index is -0.252. The van der Waals surface area contributed by atoms with Crippen molar-refractivity contribution in [1.82, 2.24) is 19.9 Å². The van der Waals surface area contributed by atoms with Gasteiger partial charge in [0.1, 0.15) is 11.9 Å². The van der Waals surface area contributed by atoms with Gasteiger partial charge in [-0.15, -0.1) is 0 Å². The van der Waals surface area contributed by atoms with Crippen LogP contribution >= 0.6 is 0 Å². The summed E-state index contributed by atoms with van der Waals surface area (Å²) in [6.45, 7) is 2.56. The number of benzene rings is 1. The molecule has 3 atom stereocenters. The number of fused-ring (bicyclic) bond motifs is 1. The Balaban J connectivity index is 1.58. The van der Waals surface area contributed by atoms with Gasteiger partial charge in [-0.1, -0.05) is 38.0 Å². The number of para-hydroxylation sites is 1. The molecule has 1 saturated carbocycles. The number of aryl methyl sites for hydroxylation is 1. The largest absolute Gasteiger partial charge is 0.468 e. The standard InChI is InChI=1S/C22H30N6O2/c1-3-14-8-4-6-10-16(14)24-22-26-19(25-21(23)27-22)13-28-17-11-7-5-9-15(17)12-18(28)20(29)30-2/h4,6,8,10,15,17-18H,3,5,7,9,11-13H2,1-2H3,(H3,23,24,25,26,27). The topological polar surface area (TPSA) is 106 Å². The molecule has 0 spiro atoms. The second-order valence-corrected chi connectivity index (χ2v) is 8.13. The van der Waals surface area contributed by atoms with Gasteiger partial charge in [0.25, 0.3) is 0 Å². The minimum absolute atomic E-state index is 0.172. The van der Waals surface area contributed by atoms with Gasteiger partial charge in [0.15, 0.2) is 0 Å². The third-order valence-corrected chi connectivity index (χ3v) is 6.36. The van der Waals surface area contributed by atoms with E-state index in [0.29, 0.717) is 30.3 Å². The van der Waals surface area contributed by atoms with Crippen LogP contribution in [0.4, 0.5) is 17.6 Å². The van der Waals surface area contributed by atoms with E-state index in [1.807, 2.05) is 18.2 Å². The second kappa shape index (κ2) is 8.95. The number of hydrogen-bond donors (Lipinski definition) is 2. The number of ether oxygens (including phenoxy) is 1. The van der Waals surface area contributed by atoms with Gasteiger partial charge in [0, 0.05) is 11.7 Å². The Labute approximate surface area is 177 Å². The van der Waals surface area contributed by atoms with E-state index in [-0.39, 0.29) is 18.0 Å². The predicted molar refractivity (Wildman–Crippen MR) is 115 cm³/mol. The van der Waals surface area contributed by atoms with Gasteiger partial charge >= 0.3 is 5.97 Å². The van der Waals surface area contributed by atoms with Gasteiger partial charge in [-0.25, -0.2) is 0 Å². The van der Waals surface area contributed by atoms with Crippen LogP contribution in [0, 0.1) is 5.92 Å². The lowest BCUT2D eigenvalue weighted by atomic mass is 9.85. The molecule has 8 heteroatoms. The fourth-order valence-electron chi connectivity index (χ4n) is 4.95. The summed E-state index contributed by atoms with van der Waals surface area (Å²) >= 11 is 0. The lowest BCUT2D eigenvalue weighted by Gasteiger charge is -2.32. The molecule has 160 valence electrons. The fourth-order valence-corrected chi connectivity index (χ4v) is 4.95. The fraction of sp³-hybridized carbons (Fsp3) is 0.545. The Bertz CT molecular complexity index is 905. The van der Waals surface area contributed by atoms with E-state index in [1.165, 1.54) is 25.5 Å². The van der Waals surface area contributed by atoms with Crippen molar-refractivity contribution in [3.63, 3.8) is 0 Å². The number of esters is 1. The van der Waals surface area contributed by atoms with E-state index in [9.17, 15) is 4.79 Å². The first kappa shape index (κ1) is 20.5. The van der Waals surface area contributed by atoms with E-state index in [1.54, 1.807) is 0 Å². The maximum atomic E-state index is 12.4. The molecule has 3 N–H and O–H groups in total. The quantitative estimate of drug-likeness (QED) is 0.700. The van der Waals surface area contributed by atoms with Crippen molar-refractivity contribution in [2.24, 2.45) is 5.92 Å².